The molecule has 0 rings (SSSR count). The standard InChI is InChI=1S/C10H21NO2/c1-5-6-11-7-9(2)13-10(3)8-12-4/h5,9-11H,1,6-8H2,2-4H3. The molecule has 3 heteroatoms. The first-order valence-electron chi connectivity index (χ1n) is 4.66. The van der Waals surface area contributed by atoms with Crippen LogP contribution in [0.1, 0.15) is 13.8 Å². The van der Waals surface area contributed by atoms with Crippen LogP contribution in [0.5, 0.6) is 0 Å². The van der Waals surface area contributed by atoms with Crippen LogP contribution in [0.4, 0.5) is 0 Å². The highest BCUT2D eigenvalue weighted by Gasteiger charge is 2.06. The second-order valence-electron chi connectivity index (χ2n) is 3.16. The summed E-state index contributed by atoms with van der Waals surface area (Å²) in [6, 6.07) is 0. The van der Waals surface area contributed by atoms with Crippen LogP contribution < -0.4 is 5.32 Å². The number of nitrogens with one attached hydrogen (secondary N) is 1. The van der Waals surface area contributed by atoms with Gasteiger partial charge in [-0.2, -0.15) is 0 Å². The molecule has 0 aromatic rings. The molecule has 2 unspecified atom stereocenters. The molecule has 0 aliphatic rings. The van der Waals surface area contributed by atoms with E-state index in [9.17, 15) is 0 Å². The van der Waals surface area contributed by atoms with Crippen LogP contribution in [0.15, 0.2) is 12.7 Å². The highest BCUT2D eigenvalue weighted by atomic mass is 16.5. The molecule has 3 nitrogen and oxygen atoms in total. The molecule has 0 aromatic heterocycles. The second-order valence-corrected chi connectivity index (χ2v) is 3.16. The summed E-state index contributed by atoms with van der Waals surface area (Å²) in [5, 5.41) is 3.20. The highest BCUT2D eigenvalue weighted by molar-refractivity contribution is 4.70. The first-order chi connectivity index (χ1) is 6.20. The third-order valence-electron chi connectivity index (χ3n) is 1.59. The van der Waals surface area contributed by atoms with Gasteiger partial charge in [0.1, 0.15) is 0 Å². The van der Waals surface area contributed by atoms with Crippen LogP contribution in [0.2, 0.25) is 0 Å². The van der Waals surface area contributed by atoms with Gasteiger partial charge in [-0.25, -0.2) is 0 Å². The molecule has 0 heterocycles. The number of ether oxygens (including phenoxy) is 2. The van der Waals surface area contributed by atoms with Crippen LogP contribution in [0.25, 0.3) is 0 Å². The average Bonchev–Trinajstić information content (AvgIpc) is 2.05. The number of rotatable bonds is 8. The summed E-state index contributed by atoms with van der Waals surface area (Å²) in [7, 11) is 1.68. The predicted molar refractivity (Wildman–Crippen MR) is 55.0 cm³/mol. The van der Waals surface area contributed by atoms with Crippen molar-refractivity contribution in [2.45, 2.75) is 26.1 Å². The Hall–Kier alpha value is -0.380. The fourth-order valence-electron chi connectivity index (χ4n) is 1.11. The van der Waals surface area contributed by atoms with E-state index in [1.165, 1.54) is 0 Å². The molecule has 0 amide bonds. The van der Waals surface area contributed by atoms with Gasteiger partial charge in [0.05, 0.1) is 18.8 Å². The topological polar surface area (TPSA) is 30.5 Å². The molecule has 0 spiro atoms. The smallest absolute Gasteiger partial charge is 0.0784 e. The first kappa shape index (κ1) is 12.6. The number of hydrogen-bond donors (Lipinski definition) is 1. The third kappa shape index (κ3) is 7.96. The molecule has 1 N–H and O–H groups in total. The minimum absolute atomic E-state index is 0.158. The summed E-state index contributed by atoms with van der Waals surface area (Å²) in [5.41, 5.74) is 0. The van der Waals surface area contributed by atoms with Gasteiger partial charge < -0.3 is 14.8 Å². The zero-order chi connectivity index (χ0) is 10.1. The molecule has 0 fully saturated rings. The maximum atomic E-state index is 5.62. The van der Waals surface area contributed by atoms with E-state index in [1.807, 2.05) is 19.9 Å². The maximum Gasteiger partial charge on any atom is 0.0784 e. The van der Waals surface area contributed by atoms with E-state index in [4.69, 9.17) is 9.47 Å². The monoisotopic (exact) mass is 187 g/mol. The first-order valence-corrected chi connectivity index (χ1v) is 4.66. The van der Waals surface area contributed by atoms with Gasteiger partial charge in [0, 0.05) is 20.2 Å². The van der Waals surface area contributed by atoms with Crippen molar-refractivity contribution in [3.05, 3.63) is 12.7 Å². The lowest BCUT2D eigenvalue weighted by molar-refractivity contribution is -0.0297. The lowest BCUT2D eigenvalue weighted by atomic mass is 10.3. The van der Waals surface area contributed by atoms with E-state index in [1.54, 1.807) is 7.11 Å². The van der Waals surface area contributed by atoms with Crippen molar-refractivity contribution in [3.63, 3.8) is 0 Å². The van der Waals surface area contributed by atoms with Gasteiger partial charge in [-0.1, -0.05) is 6.08 Å². The Morgan fingerprint density at radius 3 is 2.62 bits per heavy atom. The Labute approximate surface area is 81.1 Å². The van der Waals surface area contributed by atoms with Crippen molar-refractivity contribution in [1.82, 2.24) is 5.32 Å². The van der Waals surface area contributed by atoms with Crippen LogP contribution in [0.3, 0.4) is 0 Å². The van der Waals surface area contributed by atoms with Gasteiger partial charge in [-0.3, -0.25) is 0 Å². The van der Waals surface area contributed by atoms with Gasteiger partial charge in [-0.15, -0.1) is 6.58 Å². The summed E-state index contributed by atoms with van der Waals surface area (Å²) < 4.78 is 10.6. The minimum Gasteiger partial charge on any atom is -0.382 e. The quantitative estimate of drug-likeness (QED) is 0.457. The van der Waals surface area contributed by atoms with Gasteiger partial charge in [0.25, 0.3) is 0 Å². The predicted octanol–water partition coefficient (Wildman–Crippen LogP) is 1.20. The van der Waals surface area contributed by atoms with Crippen molar-refractivity contribution in [3.8, 4) is 0 Å². The molecule has 0 radical (unpaired) electrons. The molecule has 0 saturated heterocycles. The van der Waals surface area contributed by atoms with Crippen molar-refractivity contribution in [2.24, 2.45) is 0 Å². The SMILES string of the molecule is C=CCNCC(C)OC(C)COC. The zero-order valence-electron chi connectivity index (χ0n) is 8.88. The van der Waals surface area contributed by atoms with E-state index in [2.05, 4.69) is 11.9 Å². The van der Waals surface area contributed by atoms with Crippen LogP contribution in [-0.2, 0) is 9.47 Å². The fraction of sp³-hybridized carbons (Fsp3) is 0.800. The molecule has 13 heavy (non-hydrogen) atoms. The molecule has 0 aliphatic carbocycles. The largest absolute Gasteiger partial charge is 0.382 e. The Morgan fingerprint density at radius 2 is 2.08 bits per heavy atom. The molecule has 2 atom stereocenters. The Morgan fingerprint density at radius 1 is 1.38 bits per heavy atom. The van der Waals surface area contributed by atoms with Crippen molar-refractivity contribution >= 4 is 0 Å². The average molecular weight is 187 g/mol. The van der Waals surface area contributed by atoms with E-state index < -0.39 is 0 Å². The Kier molecular flexibility index (Phi) is 7.99. The summed E-state index contributed by atoms with van der Waals surface area (Å²) in [5.74, 6) is 0. The molecule has 0 saturated carbocycles. The normalized spacial score (nSPS) is 15.3. The van der Waals surface area contributed by atoms with Crippen LogP contribution in [0, 0.1) is 0 Å². The molecule has 0 bridgehead atoms. The lowest BCUT2D eigenvalue weighted by Gasteiger charge is -2.18. The van der Waals surface area contributed by atoms with Gasteiger partial charge >= 0.3 is 0 Å². The summed E-state index contributed by atoms with van der Waals surface area (Å²) in [6.07, 6.45) is 2.21. The maximum absolute atomic E-state index is 5.62. The number of hydrogen-bond acceptors (Lipinski definition) is 3. The highest BCUT2D eigenvalue weighted by Crippen LogP contribution is 1.97. The molecule has 0 aliphatic heterocycles. The van der Waals surface area contributed by atoms with Crippen molar-refractivity contribution in [1.29, 1.82) is 0 Å². The van der Waals surface area contributed by atoms with Crippen LogP contribution >= 0.6 is 0 Å². The molecular formula is C10H21NO2. The summed E-state index contributed by atoms with van der Waals surface area (Å²) >= 11 is 0. The Bertz CT molecular complexity index is 128. The summed E-state index contributed by atoms with van der Waals surface area (Å²) in [6.45, 7) is 9.99. The molecule has 78 valence electrons. The van der Waals surface area contributed by atoms with E-state index in [0.717, 1.165) is 13.1 Å². The lowest BCUT2D eigenvalue weighted by Crippen LogP contribution is -2.31. The van der Waals surface area contributed by atoms with E-state index in [-0.39, 0.29) is 12.2 Å². The molecule has 0 aromatic carbocycles. The zero-order valence-corrected chi connectivity index (χ0v) is 8.88. The van der Waals surface area contributed by atoms with Gasteiger partial charge in [0.15, 0.2) is 0 Å². The van der Waals surface area contributed by atoms with Crippen LogP contribution in [-0.4, -0.2) is 39.0 Å². The Balaban J connectivity index is 3.37. The number of methoxy groups -OCH3 is 1. The van der Waals surface area contributed by atoms with Gasteiger partial charge in [0.2, 0.25) is 0 Å². The minimum atomic E-state index is 0.158. The van der Waals surface area contributed by atoms with Crippen molar-refractivity contribution < 1.29 is 9.47 Å². The second kappa shape index (κ2) is 8.23. The van der Waals surface area contributed by atoms with E-state index >= 15 is 0 Å². The summed E-state index contributed by atoms with van der Waals surface area (Å²) in [4.78, 5) is 0. The molecular weight excluding hydrogens is 166 g/mol. The van der Waals surface area contributed by atoms with Gasteiger partial charge in [-0.05, 0) is 13.8 Å². The third-order valence-corrected chi connectivity index (χ3v) is 1.59. The van der Waals surface area contributed by atoms with E-state index in [0.29, 0.717) is 6.61 Å². The van der Waals surface area contributed by atoms with Crippen molar-refractivity contribution in [2.75, 3.05) is 26.8 Å². The fourth-order valence-corrected chi connectivity index (χ4v) is 1.11.